The molecule has 9 nitrogen and oxygen atoms in total. The first-order valence-corrected chi connectivity index (χ1v) is 8.03. The Morgan fingerprint density at radius 1 is 1.11 bits per heavy atom. The molecule has 0 fully saturated rings. The summed E-state index contributed by atoms with van der Waals surface area (Å²) in [6.45, 7) is -0.502. The lowest BCUT2D eigenvalue weighted by Gasteiger charge is -2.09. The largest absolute Gasteiger partial charge is 0.497 e. The van der Waals surface area contributed by atoms with E-state index in [0.717, 1.165) is 6.08 Å². The lowest BCUT2D eigenvalue weighted by Crippen LogP contribution is -2.20. The van der Waals surface area contributed by atoms with Crippen LogP contribution < -0.4 is 14.8 Å². The van der Waals surface area contributed by atoms with Gasteiger partial charge >= 0.3 is 5.97 Å². The first kappa shape index (κ1) is 20.4. The maximum atomic E-state index is 11.9. The standard InChI is InChI=1S/C19H18N2O7/c1-26-16-9-14(10-17(11-16)27-2)20-18(22)12-28-19(23)7-6-13-4-3-5-15(8-13)21(24)25/h3-11H,12H2,1-2H3,(H,20,22)/b7-6+. The van der Waals surface area contributed by atoms with Crippen molar-refractivity contribution in [2.75, 3.05) is 26.1 Å². The minimum absolute atomic E-state index is 0.0939. The van der Waals surface area contributed by atoms with Crippen LogP contribution in [0.1, 0.15) is 5.56 Å². The molecule has 0 atom stereocenters. The Labute approximate surface area is 160 Å². The number of carbonyl (C=O) groups excluding carboxylic acids is 2. The van der Waals surface area contributed by atoms with E-state index in [4.69, 9.17) is 14.2 Å². The molecule has 0 aliphatic rings. The normalized spacial score (nSPS) is 10.4. The number of anilines is 1. The molecule has 28 heavy (non-hydrogen) atoms. The van der Waals surface area contributed by atoms with Crippen LogP contribution in [0.3, 0.4) is 0 Å². The molecule has 0 saturated heterocycles. The molecule has 0 bridgehead atoms. The maximum Gasteiger partial charge on any atom is 0.331 e. The van der Waals surface area contributed by atoms with Crippen LogP contribution in [0.2, 0.25) is 0 Å². The number of esters is 1. The summed E-state index contributed by atoms with van der Waals surface area (Å²) in [5, 5.41) is 13.3. The topological polar surface area (TPSA) is 117 Å². The summed E-state index contributed by atoms with van der Waals surface area (Å²) in [6.07, 6.45) is 2.45. The van der Waals surface area contributed by atoms with Gasteiger partial charge in [0.05, 0.1) is 19.1 Å². The van der Waals surface area contributed by atoms with E-state index in [1.807, 2.05) is 0 Å². The van der Waals surface area contributed by atoms with Gasteiger partial charge in [-0.1, -0.05) is 12.1 Å². The van der Waals surface area contributed by atoms with Crippen molar-refractivity contribution in [3.05, 3.63) is 64.2 Å². The number of non-ortho nitro benzene ring substituents is 1. The van der Waals surface area contributed by atoms with Gasteiger partial charge in [0.15, 0.2) is 6.61 Å². The van der Waals surface area contributed by atoms with Crippen molar-refractivity contribution in [1.29, 1.82) is 0 Å². The summed E-state index contributed by atoms with van der Waals surface area (Å²) < 4.78 is 15.1. The van der Waals surface area contributed by atoms with Gasteiger partial charge in [-0.05, 0) is 11.6 Å². The van der Waals surface area contributed by atoms with E-state index in [9.17, 15) is 19.7 Å². The van der Waals surface area contributed by atoms with Crippen LogP contribution in [0.4, 0.5) is 11.4 Å². The quantitative estimate of drug-likeness (QED) is 0.321. The van der Waals surface area contributed by atoms with Crippen LogP contribution in [0.5, 0.6) is 11.5 Å². The van der Waals surface area contributed by atoms with E-state index in [-0.39, 0.29) is 5.69 Å². The van der Waals surface area contributed by atoms with Crippen LogP contribution >= 0.6 is 0 Å². The van der Waals surface area contributed by atoms with Gasteiger partial charge in [-0.15, -0.1) is 0 Å². The lowest BCUT2D eigenvalue weighted by molar-refractivity contribution is -0.384. The van der Waals surface area contributed by atoms with E-state index in [1.54, 1.807) is 24.3 Å². The molecule has 0 unspecified atom stereocenters. The van der Waals surface area contributed by atoms with Crippen molar-refractivity contribution in [2.24, 2.45) is 0 Å². The molecule has 0 aliphatic carbocycles. The molecule has 0 radical (unpaired) electrons. The average Bonchev–Trinajstić information content (AvgIpc) is 2.70. The molecule has 146 valence electrons. The van der Waals surface area contributed by atoms with Gasteiger partial charge in [-0.2, -0.15) is 0 Å². The number of rotatable bonds is 8. The van der Waals surface area contributed by atoms with E-state index in [0.29, 0.717) is 22.7 Å². The van der Waals surface area contributed by atoms with Crippen LogP contribution in [-0.4, -0.2) is 37.6 Å². The summed E-state index contributed by atoms with van der Waals surface area (Å²) in [5.74, 6) is -0.324. The number of nitro benzene ring substituents is 1. The molecule has 2 aromatic carbocycles. The third kappa shape index (κ3) is 6.13. The predicted molar refractivity (Wildman–Crippen MR) is 101 cm³/mol. The van der Waals surface area contributed by atoms with Gasteiger partial charge in [-0.3, -0.25) is 14.9 Å². The van der Waals surface area contributed by atoms with Gasteiger partial charge in [0.2, 0.25) is 0 Å². The second-order valence-electron chi connectivity index (χ2n) is 5.44. The third-order valence-electron chi connectivity index (χ3n) is 3.47. The molecule has 1 amide bonds. The molecule has 0 aliphatic heterocycles. The van der Waals surface area contributed by atoms with Crippen molar-refractivity contribution in [1.82, 2.24) is 0 Å². The zero-order valence-electron chi connectivity index (χ0n) is 15.2. The first-order chi connectivity index (χ1) is 13.4. The highest BCUT2D eigenvalue weighted by atomic mass is 16.6. The Bertz CT molecular complexity index is 887. The van der Waals surface area contributed by atoms with Crippen molar-refractivity contribution >= 4 is 29.3 Å². The van der Waals surface area contributed by atoms with E-state index in [1.165, 1.54) is 38.5 Å². The fourth-order valence-corrected chi connectivity index (χ4v) is 2.17. The molecule has 0 aromatic heterocycles. The molecule has 1 N–H and O–H groups in total. The van der Waals surface area contributed by atoms with Gasteiger partial charge in [0.25, 0.3) is 11.6 Å². The SMILES string of the molecule is COc1cc(NC(=O)COC(=O)/C=C/c2cccc([N+](=O)[O-])c2)cc(OC)c1. The van der Waals surface area contributed by atoms with E-state index in [2.05, 4.69) is 5.32 Å². The Kier molecular flexibility index (Phi) is 7.09. The molecule has 2 aromatic rings. The smallest absolute Gasteiger partial charge is 0.331 e. The molecule has 0 saturated carbocycles. The zero-order valence-corrected chi connectivity index (χ0v) is 15.2. The summed E-state index contributed by atoms with van der Waals surface area (Å²) in [5.41, 5.74) is 0.784. The zero-order chi connectivity index (χ0) is 20.5. The molecule has 2 rings (SSSR count). The number of hydrogen-bond donors (Lipinski definition) is 1. The minimum Gasteiger partial charge on any atom is -0.497 e. The number of benzene rings is 2. The maximum absolute atomic E-state index is 11.9. The Morgan fingerprint density at radius 2 is 1.79 bits per heavy atom. The fourth-order valence-electron chi connectivity index (χ4n) is 2.17. The number of nitro groups is 1. The number of methoxy groups -OCH3 is 2. The highest BCUT2D eigenvalue weighted by molar-refractivity contribution is 5.95. The van der Waals surface area contributed by atoms with Crippen molar-refractivity contribution in [3.63, 3.8) is 0 Å². The number of ether oxygens (including phenoxy) is 3. The number of nitrogens with one attached hydrogen (secondary N) is 1. The third-order valence-corrected chi connectivity index (χ3v) is 3.47. The Morgan fingerprint density at radius 3 is 2.39 bits per heavy atom. The van der Waals surface area contributed by atoms with Crippen LogP contribution in [0, 0.1) is 10.1 Å². The van der Waals surface area contributed by atoms with E-state index >= 15 is 0 Å². The number of carbonyl (C=O) groups is 2. The second-order valence-corrected chi connectivity index (χ2v) is 5.44. The van der Waals surface area contributed by atoms with E-state index < -0.39 is 23.4 Å². The van der Waals surface area contributed by atoms with Crippen molar-refractivity contribution in [2.45, 2.75) is 0 Å². The van der Waals surface area contributed by atoms with Gasteiger partial charge < -0.3 is 19.5 Å². The summed E-state index contributed by atoms with van der Waals surface area (Å²) in [4.78, 5) is 33.9. The van der Waals surface area contributed by atoms with Gasteiger partial charge in [0, 0.05) is 42.1 Å². The highest BCUT2D eigenvalue weighted by Crippen LogP contribution is 2.25. The summed E-state index contributed by atoms with van der Waals surface area (Å²) in [7, 11) is 2.96. The molecule has 0 heterocycles. The predicted octanol–water partition coefficient (Wildman–Crippen LogP) is 2.81. The molecule has 9 heteroatoms. The molecular weight excluding hydrogens is 368 g/mol. The minimum atomic E-state index is -0.759. The average molecular weight is 386 g/mol. The van der Waals surface area contributed by atoms with Crippen LogP contribution in [0.15, 0.2) is 48.5 Å². The Balaban J connectivity index is 1.89. The first-order valence-electron chi connectivity index (χ1n) is 8.03. The number of nitrogens with zero attached hydrogens (tertiary/aromatic N) is 1. The van der Waals surface area contributed by atoms with Crippen LogP contribution in [-0.2, 0) is 14.3 Å². The molecular formula is C19H18N2O7. The van der Waals surface area contributed by atoms with Crippen LogP contribution in [0.25, 0.3) is 6.08 Å². The number of amides is 1. The second kappa shape index (κ2) is 9.72. The molecule has 0 spiro atoms. The monoisotopic (exact) mass is 386 g/mol. The van der Waals surface area contributed by atoms with Crippen molar-refractivity contribution < 1.29 is 28.7 Å². The Hall–Kier alpha value is -3.88. The highest BCUT2D eigenvalue weighted by Gasteiger charge is 2.09. The van der Waals surface area contributed by atoms with Gasteiger partial charge in [0.1, 0.15) is 11.5 Å². The fraction of sp³-hybridized carbons (Fsp3) is 0.158. The lowest BCUT2D eigenvalue weighted by atomic mass is 10.2. The van der Waals surface area contributed by atoms with Gasteiger partial charge in [-0.25, -0.2) is 4.79 Å². The van der Waals surface area contributed by atoms with Crippen molar-refractivity contribution in [3.8, 4) is 11.5 Å². The summed E-state index contributed by atoms with van der Waals surface area (Å²) >= 11 is 0. The number of hydrogen-bond acceptors (Lipinski definition) is 7. The summed E-state index contributed by atoms with van der Waals surface area (Å²) in [6, 6.07) is 10.6.